The lowest BCUT2D eigenvalue weighted by atomic mass is 10.1. The van der Waals surface area contributed by atoms with Gasteiger partial charge in [-0.3, -0.25) is 9.69 Å². The number of nitrogens with zero attached hydrogens (tertiary/aromatic N) is 1. The van der Waals surface area contributed by atoms with Crippen LogP contribution in [0.4, 0.5) is 0 Å². The maximum Gasteiger partial charge on any atom is 0.153 e. The minimum atomic E-state index is 0.0488. The summed E-state index contributed by atoms with van der Waals surface area (Å²) in [6.07, 6.45) is 0.642. The fourth-order valence-corrected chi connectivity index (χ4v) is 1.71. The molecule has 0 heterocycles. The van der Waals surface area contributed by atoms with Crippen molar-refractivity contribution >= 4 is 6.29 Å². The molecule has 1 rings (SSSR count). The molecular formula is C13H19NO3. The van der Waals surface area contributed by atoms with Crippen molar-refractivity contribution in [3.63, 3.8) is 0 Å². The molecular weight excluding hydrogens is 218 g/mol. The van der Waals surface area contributed by atoms with E-state index in [2.05, 4.69) is 18.7 Å². The summed E-state index contributed by atoms with van der Waals surface area (Å²) in [6.45, 7) is 6.51. The van der Waals surface area contributed by atoms with Gasteiger partial charge in [-0.25, -0.2) is 0 Å². The molecule has 0 unspecified atom stereocenters. The Labute approximate surface area is 102 Å². The van der Waals surface area contributed by atoms with Gasteiger partial charge in [0.2, 0.25) is 0 Å². The number of hydrogen-bond donors (Lipinski definition) is 1. The van der Waals surface area contributed by atoms with E-state index in [1.807, 2.05) is 0 Å². The molecule has 4 nitrogen and oxygen atoms in total. The van der Waals surface area contributed by atoms with E-state index in [4.69, 9.17) is 4.74 Å². The standard InChI is InChI=1S/C13H19NO3/c1-4-14(5-2)8-10-6-12(17-3)7-11(9-15)13(10)16/h6-7,9,16H,4-5,8H2,1-3H3. The van der Waals surface area contributed by atoms with Crippen LogP contribution in [0.2, 0.25) is 0 Å². The Morgan fingerprint density at radius 1 is 1.35 bits per heavy atom. The number of aldehydes is 1. The number of phenolic OH excluding ortho intramolecular Hbond substituents is 1. The first-order valence-corrected chi connectivity index (χ1v) is 5.73. The van der Waals surface area contributed by atoms with Crippen molar-refractivity contribution in [2.45, 2.75) is 20.4 Å². The first-order chi connectivity index (χ1) is 8.15. The van der Waals surface area contributed by atoms with Gasteiger partial charge in [0.15, 0.2) is 6.29 Å². The van der Waals surface area contributed by atoms with Crippen molar-refractivity contribution in [1.82, 2.24) is 4.90 Å². The van der Waals surface area contributed by atoms with E-state index in [0.717, 1.165) is 18.7 Å². The molecule has 0 aliphatic carbocycles. The molecule has 0 radical (unpaired) electrons. The van der Waals surface area contributed by atoms with Gasteiger partial charge in [0, 0.05) is 12.1 Å². The molecule has 1 N–H and O–H groups in total. The van der Waals surface area contributed by atoms with Gasteiger partial charge in [0.05, 0.1) is 12.7 Å². The molecule has 0 fully saturated rings. The number of carbonyl (C=O) groups excluding carboxylic acids is 1. The zero-order valence-electron chi connectivity index (χ0n) is 10.6. The highest BCUT2D eigenvalue weighted by Crippen LogP contribution is 2.28. The van der Waals surface area contributed by atoms with Gasteiger partial charge in [-0.2, -0.15) is 0 Å². The zero-order chi connectivity index (χ0) is 12.8. The van der Waals surface area contributed by atoms with Crippen molar-refractivity contribution in [2.24, 2.45) is 0 Å². The van der Waals surface area contributed by atoms with Gasteiger partial charge < -0.3 is 9.84 Å². The summed E-state index contributed by atoms with van der Waals surface area (Å²) in [7, 11) is 1.54. The molecule has 0 amide bonds. The molecule has 0 aliphatic rings. The zero-order valence-corrected chi connectivity index (χ0v) is 10.6. The van der Waals surface area contributed by atoms with Crippen molar-refractivity contribution < 1.29 is 14.6 Å². The molecule has 1 aromatic carbocycles. The highest BCUT2D eigenvalue weighted by Gasteiger charge is 2.12. The van der Waals surface area contributed by atoms with Gasteiger partial charge in [0.25, 0.3) is 0 Å². The van der Waals surface area contributed by atoms with Crippen molar-refractivity contribution in [2.75, 3.05) is 20.2 Å². The number of benzene rings is 1. The highest BCUT2D eigenvalue weighted by molar-refractivity contribution is 5.81. The first kappa shape index (κ1) is 13.5. The summed E-state index contributed by atoms with van der Waals surface area (Å²) in [5, 5.41) is 9.94. The van der Waals surface area contributed by atoms with Gasteiger partial charge in [-0.05, 0) is 25.2 Å². The number of hydrogen-bond acceptors (Lipinski definition) is 4. The van der Waals surface area contributed by atoms with E-state index in [1.54, 1.807) is 13.2 Å². The third-order valence-corrected chi connectivity index (χ3v) is 2.84. The van der Waals surface area contributed by atoms with Crippen LogP contribution in [0.3, 0.4) is 0 Å². The topological polar surface area (TPSA) is 49.8 Å². The number of carbonyl (C=O) groups is 1. The fourth-order valence-electron chi connectivity index (χ4n) is 1.71. The predicted octanol–water partition coefficient (Wildman–Crippen LogP) is 2.06. The Balaban J connectivity index is 3.08. The van der Waals surface area contributed by atoms with E-state index in [9.17, 15) is 9.90 Å². The maximum absolute atomic E-state index is 10.8. The molecule has 17 heavy (non-hydrogen) atoms. The lowest BCUT2D eigenvalue weighted by Gasteiger charge is -2.19. The average molecular weight is 237 g/mol. The van der Waals surface area contributed by atoms with Crippen molar-refractivity contribution in [1.29, 1.82) is 0 Å². The minimum absolute atomic E-state index is 0.0488. The quantitative estimate of drug-likeness (QED) is 0.769. The Hall–Kier alpha value is -1.55. The third kappa shape index (κ3) is 3.20. The smallest absolute Gasteiger partial charge is 0.153 e. The van der Waals surface area contributed by atoms with Crippen molar-refractivity contribution in [3.05, 3.63) is 23.3 Å². The van der Waals surface area contributed by atoms with E-state index in [1.165, 1.54) is 6.07 Å². The van der Waals surface area contributed by atoms with Crippen LogP contribution >= 0.6 is 0 Å². The number of phenols is 1. The van der Waals surface area contributed by atoms with Gasteiger partial charge in [-0.15, -0.1) is 0 Å². The summed E-state index contributed by atoms with van der Waals surface area (Å²) >= 11 is 0. The summed E-state index contributed by atoms with van der Waals surface area (Å²) in [4.78, 5) is 13.0. The molecule has 0 saturated heterocycles. The Morgan fingerprint density at radius 2 is 2.00 bits per heavy atom. The summed E-state index contributed by atoms with van der Waals surface area (Å²) < 4.78 is 5.11. The molecule has 0 aliphatic heterocycles. The molecule has 0 atom stereocenters. The van der Waals surface area contributed by atoms with Gasteiger partial charge in [-0.1, -0.05) is 13.8 Å². The number of methoxy groups -OCH3 is 1. The second-order valence-corrected chi connectivity index (χ2v) is 3.80. The maximum atomic E-state index is 10.8. The number of rotatable bonds is 6. The average Bonchev–Trinajstić information content (AvgIpc) is 2.37. The molecule has 94 valence electrons. The Bertz CT molecular complexity index is 386. The van der Waals surface area contributed by atoms with Gasteiger partial charge in [0.1, 0.15) is 11.5 Å². The van der Waals surface area contributed by atoms with Crippen LogP contribution in [0.25, 0.3) is 0 Å². The lowest BCUT2D eigenvalue weighted by Crippen LogP contribution is -2.22. The minimum Gasteiger partial charge on any atom is -0.507 e. The SMILES string of the molecule is CCN(CC)Cc1cc(OC)cc(C=O)c1O. The molecule has 0 aromatic heterocycles. The largest absolute Gasteiger partial charge is 0.507 e. The predicted molar refractivity (Wildman–Crippen MR) is 66.7 cm³/mol. The van der Waals surface area contributed by atoms with Crippen LogP contribution in [-0.2, 0) is 6.54 Å². The fraction of sp³-hybridized carbons (Fsp3) is 0.462. The monoisotopic (exact) mass is 237 g/mol. The number of aromatic hydroxyl groups is 1. The number of ether oxygens (including phenoxy) is 1. The summed E-state index contributed by atoms with van der Waals surface area (Å²) in [5.41, 5.74) is 0.988. The first-order valence-electron chi connectivity index (χ1n) is 5.73. The molecule has 0 bridgehead atoms. The third-order valence-electron chi connectivity index (χ3n) is 2.84. The van der Waals surface area contributed by atoms with E-state index in [0.29, 0.717) is 18.6 Å². The molecule has 4 heteroatoms. The lowest BCUT2D eigenvalue weighted by molar-refractivity contribution is 0.112. The second-order valence-electron chi connectivity index (χ2n) is 3.80. The van der Waals surface area contributed by atoms with Crippen LogP contribution in [0.1, 0.15) is 29.8 Å². The molecule has 0 spiro atoms. The van der Waals surface area contributed by atoms with Crippen LogP contribution in [0, 0.1) is 0 Å². The summed E-state index contributed by atoms with van der Waals surface area (Å²) in [5.74, 6) is 0.639. The van der Waals surface area contributed by atoms with Crippen LogP contribution < -0.4 is 4.74 Å². The van der Waals surface area contributed by atoms with Crippen LogP contribution in [0.15, 0.2) is 12.1 Å². The molecule has 0 saturated carbocycles. The van der Waals surface area contributed by atoms with Crippen LogP contribution in [-0.4, -0.2) is 36.5 Å². The Morgan fingerprint density at radius 3 is 2.47 bits per heavy atom. The van der Waals surface area contributed by atoms with E-state index >= 15 is 0 Å². The van der Waals surface area contributed by atoms with Crippen LogP contribution in [0.5, 0.6) is 11.5 Å². The van der Waals surface area contributed by atoms with Gasteiger partial charge >= 0.3 is 0 Å². The van der Waals surface area contributed by atoms with E-state index < -0.39 is 0 Å². The summed E-state index contributed by atoms with van der Waals surface area (Å²) in [6, 6.07) is 3.30. The normalized spacial score (nSPS) is 10.6. The Kier molecular flexibility index (Phi) is 4.97. The highest BCUT2D eigenvalue weighted by atomic mass is 16.5. The second kappa shape index (κ2) is 6.25. The van der Waals surface area contributed by atoms with Crippen molar-refractivity contribution in [3.8, 4) is 11.5 Å². The van der Waals surface area contributed by atoms with E-state index in [-0.39, 0.29) is 11.3 Å². The molecule has 1 aromatic rings.